The van der Waals surface area contributed by atoms with Gasteiger partial charge in [-0.25, -0.2) is 13.5 Å². The van der Waals surface area contributed by atoms with Crippen molar-refractivity contribution in [1.29, 1.82) is 5.26 Å². The van der Waals surface area contributed by atoms with Crippen LogP contribution in [0.15, 0.2) is 0 Å². The van der Waals surface area contributed by atoms with Gasteiger partial charge in [0.2, 0.25) is 0 Å². The highest BCUT2D eigenvalue weighted by Crippen LogP contribution is 2.33. The molecule has 1 aliphatic carbocycles. The first kappa shape index (κ1) is 11.0. The summed E-state index contributed by atoms with van der Waals surface area (Å²) in [6, 6.07) is 1.87. The molecule has 2 rings (SSSR count). The second-order valence-electron chi connectivity index (χ2n) is 3.94. The van der Waals surface area contributed by atoms with Crippen molar-refractivity contribution < 1.29 is 8.78 Å². The number of hydrogen-bond acceptors (Lipinski definition) is 3. The third-order valence-corrected chi connectivity index (χ3v) is 2.93. The molecule has 86 valence electrons. The minimum absolute atomic E-state index is 0.0314. The average Bonchev–Trinajstić information content (AvgIpc) is 2.83. The van der Waals surface area contributed by atoms with Gasteiger partial charge in [-0.1, -0.05) is 18.1 Å². The Balaban J connectivity index is 2.33. The van der Waals surface area contributed by atoms with Crippen molar-refractivity contribution in [2.24, 2.45) is 0 Å². The van der Waals surface area contributed by atoms with E-state index >= 15 is 0 Å². The van der Waals surface area contributed by atoms with Crippen molar-refractivity contribution in [3.05, 3.63) is 11.4 Å². The maximum Gasteiger partial charge on any atom is 0.281 e. The Morgan fingerprint density at radius 3 is 2.69 bits per heavy atom. The first-order valence-electron chi connectivity index (χ1n) is 5.33. The Morgan fingerprint density at radius 2 is 2.12 bits per heavy atom. The van der Waals surface area contributed by atoms with E-state index in [2.05, 4.69) is 10.3 Å². The van der Waals surface area contributed by atoms with Crippen molar-refractivity contribution in [1.82, 2.24) is 15.0 Å². The van der Waals surface area contributed by atoms with E-state index in [1.807, 2.05) is 6.07 Å². The molecule has 0 spiro atoms. The summed E-state index contributed by atoms with van der Waals surface area (Å²) in [5.74, 6) is 0. The highest BCUT2D eigenvalue weighted by atomic mass is 19.3. The van der Waals surface area contributed by atoms with Crippen molar-refractivity contribution in [3.8, 4) is 6.07 Å². The molecule has 0 aromatic carbocycles. The summed E-state index contributed by atoms with van der Waals surface area (Å²) in [6.07, 6.45) is 1.11. The van der Waals surface area contributed by atoms with Gasteiger partial charge < -0.3 is 0 Å². The highest BCUT2D eigenvalue weighted by molar-refractivity contribution is 5.16. The summed E-state index contributed by atoms with van der Waals surface area (Å²) in [7, 11) is 0. The van der Waals surface area contributed by atoms with Gasteiger partial charge in [0.25, 0.3) is 6.43 Å². The smallest absolute Gasteiger partial charge is 0.240 e. The van der Waals surface area contributed by atoms with Crippen LogP contribution in [0, 0.1) is 11.3 Å². The van der Waals surface area contributed by atoms with Crippen LogP contribution < -0.4 is 0 Å². The van der Waals surface area contributed by atoms with Crippen molar-refractivity contribution in [2.45, 2.75) is 44.6 Å². The molecule has 1 heterocycles. The third-order valence-electron chi connectivity index (χ3n) is 2.93. The van der Waals surface area contributed by atoms with Gasteiger partial charge in [-0.05, 0) is 12.8 Å². The number of aromatic nitrogens is 3. The molecule has 0 amide bonds. The molecule has 0 bridgehead atoms. The largest absolute Gasteiger partial charge is 0.281 e. The molecule has 1 aromatic rings. The number of alkyl halides is 2. The highest BCUT2D eigenvalue weighted by Gasteiger charge is 2.27. The molecule has 0 N–H and O–H groups in total. The van der Waals surface area contributed by atoms with Crippen LogP contribution in [0.25, 0.3) is 0 Å². The van der Waals surface area contributed by atoms with E-state index in [1.54, 1.807) is 0 Å². The van der Waals surface area contributed by atoms with Gasteiger partial charge in [0.05, 0.1) is 18.5 Å². The Kier molecular flexibility index (Phi) is 3.13. The fourth-order valence-corrected chi connectivity index (χ4v) is 2.18. The summed E-state index contributed by atoms with van der Waals surface area (Å²) in [5.41, 5.74) is -0.0575. The number of nitriles is 1. The summed E-state index contributed by atoms with van der Waals surface area (Å²) >= 11 is 0. The zero-order valence-electron chi connectivity index (χ0n) is 8.74. The Morgan fingerprint density at radius 1 is 1.44 bits per heavy atom. The van der Waals surface area contributed by atoms with Gasteiger partial charge in [0, 0.05) is 0 Å². The zero-order valence-corrected chi connectivity index (χ0v) is 8.74. The predicted octanol–water partition coefficient (Wildman–Crippen LogP) is 2.40. The van der Waals surface area contributed by atoms with E-state index in [1.165, 1.54) is 4.68 Å². The molecule has 1 aromatic heterocycles. The summed E-state index contributed by atoms with van der Waals surface area (Å²) in [4.78, 5) is 0. The Bertz CT molecular complexity index is 401. The minimum Gasteiger partial charge on any atom is -0.240 e. The topological polar surface area (TPSA) is 54.5 Å². The molecule has 1 fully saturated rings. The van der Waals surface area contributed by atoms with Crippen LogP contribution in [0.3, 0.4) is 0 Å². The molecule has 0 atom stereocenters. The lowest BCUT2D eigenvalue weighted by atomic mass is 10.2. The second kappa shape index (κ2) is 4.56. The number of hydrogen-bond donors (Lipinski definition) is 0. The SMILES string of the molecule is N#CCc1nnn(C2CCCC2)c1C(F)F. The van der Waals surface area contributed by atoms with E-state index in [9.17, 15) is 8.78 Å². The molecule has 0 saturated heterocycles. The molecular weight excluding hydrogens is 214 g/mol. The van der Waals surface area contributed by atoms with E-state index in [0.29, 0.717) is 0 Å². The van der Waals surface area contributed by atoms with Gasteiger partial charge in [-0.15, -0.1) is 5.10 Å². The van der Waals surface area contributed by atoms with E-state index < -0.39 is 6.43 Å². The molecule has 0 unspecified atom stereocenters. The second-order valence-corrected chi connectivity index (χ2v) is 3.94. The van der Waals surface area contributed by atoms with Crippen LogP contribution in [-0.2, 0) is 6.42 Å². The van der Waals surface area contributed by atoms with Crippen LogP contribution in [0.5, 0.6) is 0 Å². The molecule has 1 aliphatic rings. The summed E-state index contributed by atoms with van der Waals surface area (Å²) in [6.45, 7) is 0. The van der Waals surface area contributed by atoms with Gasteiger partial charge in [-0.2, -0.15) is 5.26 Å². The normalized spacial score (nSPS) is 16.9. The quantitative estimate of drug-likeness (QED) is 0.795. The number of nitrogens with zero attached hydrogens (tertiary/aromatic N) is 4. The lowest BCUT2D eigenvalue weighted by molar-refractivity contribution is 0.135. The fourth-order valence-electron chi connectivity index (χ4n) is 2.18. The molecule has 1 saturated carbocycles. The summed E-state index contributed by atoms with van der Waals surface area (Å²) < 4.78 is 27.1. The lowest BCUT2D eigenvalue weighted by Crippen LogP contribution is -2.11. The van der Waals surface area contributed by atoms with Crippen LogP contribution in [-0.4, -0.2) is 15.0 Å². The molecule has 4 nitrogen and oxygen atoms in total. The first-order valence-corrected chi connectivity index (χ1v) is 5.33. The van der Waals surface area contributed by atoms with Crippen molar-refractivity contribution in [3.63, 3.8) is 0 Å². The van der Waals surface area contributed by atoms with Crippen LogP contribution in [0.4, 0.5) is 8.78 Å². The van der Waals surface area contributed by atoms with Crippen molar-refractivity contribution in [2.75, 3.05) is 0 Å². The monoisotopic (exact) mass is 226 g/mol. The van der Waals surface area contributed by atoms with Gasteiger partial charge >= 0.3 is 0 Å². The number of rotatable bonds is 3. The standard InChI is InChI=1S/C10H12F2N4/c11-10(12)9-8(5-6-13)14-15-16(9)7-3-1-2-4-7/h7,10H,1-5H2. The van der Waals surface area contributed by atoms with Gasteiger partial charge in [0.1, 0.15) is 11.4 Å². The van der Waals surface area contributed by atoms with Crippen LogP contribution >= 0.6 is 0 Å². The van der Waals surface area contributed by atoms with Crippen LogP contribution in [0.2, 0.25) is 0 Å². The predicted molar refractivity (Wildman–Crippen MR) is 51.8 cm³/mol. The van der Waals surface area contributed by atoms with Crippen molar-refractivity contribution >= 4 is 0 Å². The molecule has 16 heavy (non-hydrogen) atoms. The Labute approximate surface area is 91.9 Å². The van der Waals surface area contributed by atoms with Gasteiger partial charge in [-0.3, -0.25) is 0 Å². The molecule has 0 radical (unpaired) electrons. The zero-order chi connectivity index (χ0) is 11.5. The van der Waals surface area contributed by atoms with Crippen LogP contribution in [0.1, 0.15) is 49.5 Å². The maximum atomic E-state index is 12.9. The molecule has 0 aliphatic heterocycles. The minimum atomic E-state index is -2.61. The molecule has 6 heteroatoms. The maximum absolute atomic E-state index is 12.9. The van der Waals surface area contributed by atoms with E-state index in [-0.39, 0.29) is 23.9 Å². The first-order chi connectivity index (χ1) is 7.74. The van der Waals surface area contributed by atoms with E-state index in [0.717, 1.165) is 25.7 Å². The van der Waals surface area contributed by atoms with E-state index in [4.69, 9.17) is 5.26 Å². The Hall–Kier alpha value is -1.51. The third kappa shape index (κ3) is 1.90. The fraction of sp³-hybridized carbons (Fsp3) is 0.700. The van der Waals surface area contributed by atoms with Gasteiger partial charge in [0.15, 0.2) is 0 Å². The number of halogens is 2. The lowest BCUT2D eigenvalue weighted by Gasteiger charge is -2.12. The molecular formula is C10H12F2N4. The summed E-state index contributed by atoms with van der Waals surface area (Å²) in [5, 5.41) is 16.0. The average molecular weight is 226 g/mol.